The molecule has 1 unspecified atom stereocenters. The fourth-order valence-electron chi connectivity index (χ4n) is 1.88. The molecule has 4 heteroatoms. The van der Waals surface area contributed by atoms with Crippen LogP contribution in [0, 0.1) is 0 Å². The Balaban J connectivity index is 2.25. The molecule has 90 valence electrons. The summed E-state index contributed by atoms with van der Waals surface area (Å²) >= 11 is 3.48. The van der Waals surface area contributed by atoms with Crippen molar-refractivity contribution in [3.63, 3.8) is 0 Å². The molecule has 0 aliphatic rings. The lowest BCUT2D eigenvalue weighted by Crippen LogP contribution is -2.11. The monoisotopic (exact) mass is 293 g/mol. The molecule has 0 bridgehead atoms. The summed E-state index contributed by atoms with van der Waals surface area (Å²) in [5.74, 6) is 1.04. The number of halogens is 1. The van der Waals surface area contributed by atoms with E-state index in [4.69, 9.17) is 5.73 Å². The van der Waals surface area contributed by atoms with Crippen LogP contribution in [0.5, 0.6) is 0 Å². The zero-order chi connectivity index (χ0) is 12.4. The first kappa shape index (κ1) is 12.3. The Hall–Kier alpha value is -1.13. The Morgan fingerprint density at radius 3 is 2.82 bits per heavy atom. The van der Waals surface area contributed by atoms with Gasteiger partial charge in [0.25, 0.3) is 0 Å². The van der Waals surface area contributed by atoms with Crippen LogP contribution in [0.1, 0.15) is 30.0 Å². The normalized spacial score (nSPS) is 12.7. The third-order valence-electron chi connectivity index (χ3n) is 2.84. The zero-order valence-corrected chi connectivity index (χ0v) is 11.6. The highest BCUT2D eigenvalue weighted by molar-refractivity contribution is 9.10. The van der Waals surface area contributed by atoms with Gasteiger partial charge in [0.2, 0.25) is 0 Å². The van der Waals surface area contributed by atoms with Crippen molar-refractivity contribution in [2.24, 2.45) is 12.8 Å². The van der Waals surface area contributed by atoms with E-state index in [-0.39, 0.29) is 6.04 Å². The number of hydrogen-bond donors (Lipinski definition) is 1. The van der Waals surface area contributed by atoms with E-state index in [1.54, 1.807) is 0 Å². The van der Waals surface area contributed by atoms with Crippen LogP contribution in [0.2, 0.25) is 0 Å². The highest BCUT2D eigenvalue weighted by Gasteiger charge is 2.10. The maximum absolute atomic E-state index is 5.88. The van der Waals surface area contributed by atoms with Gasteiger partial charge in [-0.15, -0.1) is 0 Å². The quantitative estimate of drug-likeness (QED) is 0.946. The van der Waals surface area contributed by atoms with Gasteiger partial charge in [-0.1, -0.05) is 28.1 Å². The molecule has 0 aliphatic heterocycles. The Bertz CT molecular complexity index is 517. The van der Waals surface area contributed by atoms with Crippen molar-refractivity contribution in [3.05, 3.63) is 52.0 Å². The molecule has 1 atom stereocenters. The van der Waals surface area contributed by atoms with E-state index < -0.39 is 0 Å². The average Bonchev–Trinajstić information content (AvgIpc) is 2.61. The molecule has 2 rings (SSSR count). The second kappa shape index (κ2) is 5.02. The topological polar surface area (TPSA) is 43.8 Å². The molecule has 0 saturated carbocycles. The smallest absolute Gasteiger partial charge is 0.113 e. The maximum Gasteiger partial charge on any atom is 0.113 e. The molecular formula is C13H16BrN3. The van der Waals surface area contributed by atoms with Crippen molar-refractivity contribution < 1.29 is 0 Å². The highest BCUT2D eigenvalue weighted by atomic mass is 79.9. The third kappa shape index (κ3) is 2.76. The number of rotatable bonds is 3. The molecule has 1 aromatic heterocycles. The summed E-state index contributed by atoms with van der Waals surface area (Å²) in [6, 6.07) is 8.29. The first-order valence-electron chi connectivity index (χ1n) is 5.58. The van der Waals surface area contributed by atoms with E-state index in [9.17, 15) is 0 Å². The minimum Gasteiger partial charge on any atom is -0.333 e. The molecule has 2 aromatic rings. The lowest BCUT2D eigenvalue weighted by Gasteiger charge is -2.08. The fourth-order valence-corrected chi connectivity index (χ4v) is 2.33. The molecule has 0 saturated heterocycles. The van der Waals surface area contributed by atoms with Crippen LogP contribution in [-0.2, 0) is 13.5 Å². The first-order valence-corrected chi connectivity index (χ1v) is 6.37. The number of hydrogen-bond acceptors (Lipinski definition) is 2. The van der Waals surface area contributed by atoms with E-state index in [1.165, 1.54) is 5.56 Å². The van der Waals surface area contributed by atoms with Gasteiger partial charge in [0, 0.05) is 24.0 Å². The van der Waals surface area contributed by atoms with Crippen molar-refractivity contribution in [3.8, 4) is 0 Å². The molecular weight excluding hydrogens is 278 g/mol. The van der Waals surface area contributed by atoms with Crippen molar-refractivity contribution in [1.29, 1.82) is 0 Å². The minimum atomic E-state index is 0.0174. The molecule has 0 radical (unpaired) electrons. The molecule has 1 aromatic carbocycles. The summed E-state index contributed by atoms with van der Waals surface area (Å²) in [5.41, 5.74) is 8.18. The Kier molecular flexibility index (Phi) is 3.64. The van der Waals surface area contributed by atoms with Crippen LogP contribution in [0.4, 0.5) is 0 Å². The molecule has 0 amide bonds. The van der Waals surface area contributed by atoms with Crippen molar-refractivity contribution in [1.82, 2.24) is 9.55 Å². The minimum absolute atomic E-state index is 0.0174. The summed E-state index contributed by atoms with van der Waals surface area (Å²) in [4.78, 5) is 4.43. The van der Waals surface area contributed by atoms with Crippen LogP contribution in [0.25, 0.3) is 0 Å². The molecule has 0 spiro atoms. The van der Waals surface area contributed by atoms with E-state index in [2.05, 4.69) is 37.6 Å². The largest absolute Gasteiger partial charge is 0.333 e. The number of benzene rings is 1. The predicted molar refractivity (Wildman–Crippen MR) is 72.8 cm³/mol. The summed E-state index contributed by atoms with van der Waals surface area (Å²) in [7, 11) is 2.01. The second-order valence-electron chi connectivity index (χ2n) is 4.25. The lowest BCUT2D eigenvalue weighted by molar-refractivity contribution is 0.693. The van der Waals surface area contributed by atoms with Gasteiger partial charge in [-0.05, 0) is 24.6 Å². The maximum atomic E-state index is 5.88. The number of nitrogens with zero attached hydrogens (tertiary/aromatic N) is 2. The van der Waals surface area contributed by atoms with Gasteiger partial charge in [-0.3, -0.25) is 0 Å². The summed E-state index contributed by atoms with van der Waals surface area (Å²) < 4.78 is 3.17. The van der Waals surface area contributed by atoms with Crippen molar-refractivity contribution in [2.75, 3.05) is 0 Å². The molecule has 0 fully saturated rings. The zero-order valence-electron chi connectivity index (χ0n) is 10.0. The SMILES string of the molecule is CC(N)c1cnc(Cc2cccc(Br)c2)n1C. The predicted octanol–water partition coefficient (Wildman–Crippen LogP) is 2.79. The second-order valence-corrected chi connectivity index (χ2v) is 5.17. The highest BCUT2D eigenvalue weighted by Crippen LogP contribution is 2.16. The van der Waals surface area contributed by atoms with Gasteiger partial charge >= 0.3 is 0 Å². The Morgan fingerprint density at radius 2 is 2.24 bits per heavy atom. The van der Waals surface area contributed by atoms with E-state index in [0.717, 1.165) is 22.4 Å². The Morgan fingerprint density at radius 1 is 1.47 bits per heavy atom. The number of aromatic nitrogens is 2. The van der Waals surface area contributed by atoms with E-state index in [1.807, 2.05) is 32.3 Å². The van der Waals surface area contributed by atoms with Gasteiger partial charge in [0.1, 0.15) is 5.82 Å². The number of nitrogens with two attached hydrogens (primary N) is 1. The average molecular weight is 294 g/mol. The van der Waals surface area contributed by atoms with Crippen LogP contribution < -0.4 is 5.73 Å². The molecule has 17 heavy (non-hydrogen) atoms. The standard InChI is InChI=1S/C13H16BrN3/c1-9(15)12-8-16-13(17(12)2)7-10-4-3-5-11(14)6-10/h3-6,8-9H,7,15H2,1-2H3. The summed E-state index contributed by atoms with van der Waals surface area (Å²) in [6.07, 6.45) is 2.68. The van der Waals surface area contributed by atoms with Gasteiger partial charge in [-0.2, -0.15) is 0 Å². The molecule has 0 aliphatic carbocycles. The van der Waals surface area contributed by atoms with Gasteiger partial charge < -0.3 is 10.3 Å². The lowest BCUT2D eigenvalue weighted by atomic mass is 10.1. The fraction of sp³-hybridized carbons (Fsp3) is 0.308. The van der Waals surface area contributed by atoms with Crippen molar-refractivity contribution >= 4 is 15.9 Å². The number of imidazole rings is 1. The van der Waals surface area contributed by atoms with E-state index >= 15 is 0 Å². The summed E-state index contributed by atoms with van der Waals surface area (Å²) in [6.45, 7) is 1.97. The first-order chi connectivity index (χ1) is 8.08. The van der Waals surface area contributed by atoms with E-state index in [0.29, 0.717) is 0 Å². The summed E-state index contributed by atoms with van der Waals surface area (Å²) in [5, 5.41) is 0. The van der Waals surface area contributed by atoms with Gasteiger partial charge in [-0.25, -0.2) is 4.98 Å². The van der Waals surface area contributed by atoms with Crippen molar-refractivity contribution in [2.45, 2.75) is 19.4 Å². The third-order valence-corrected chi connectivity index (χ3v) is 3.33. The van der Waals surface area contributed by atoms with Crippen LogP contribution in [-0.4, -0.2) is 9.55 Å². The molecule has 1 heterocycles. The van der Waals surface area contributed by atoms with Gasteiger partial charge in [0.15, 0.2) is 0 Å². The van der Waals surface area contributed by atoms with Crippen LogP contribution >= 0.6 is 15.9 Å². The molecule has 3 nitrogen and oxygen atoms in total. The Labute approximate surface area is 110 Å². The molecule has 2 N–H and O–H groups in total. The van der Waals surface area contributed by atoms with Crippen LogP contribution in [0.3, 0.4) is 0 Å². The van der Waals surface area contributed by atoms with Gasteiger partial charge in [0.05, 0.1) is 11.9 Å². The van der Waals surface area contributed by atoms with Crippen LogP contribution in [0.15, 0.2) is 34.9 Å².